The Bertz CT molecular complexity index is 1180. The molecule has 0 bridgehead atoms. The van der Waals surface area contributed by atoms with Crippen LogP contribution in [-0.2, 0) is 37.5 Å². The van der Waals surface area contributed by atoms with Gasteiger partial charge < -0.3 is 24.0 Å². The van der Waals surface area contributed by atoms with Crippen molar-refractivity contribution in [1.29, 1.82) is 0 Å². The lowest BCUT2D eigenvalue weighted by atomic mass is 9.90. The average Bonchev–Trinajstić information content (AvgIpc) is 3.48. The van der Waals surface area contributed by atoms with Gasteiger partial charge in [-0.05, 0) is 44.1 Å². The molecule has 318 valence electrons. The fourth-order valence-electron chi connectivity index (χ4n) is 6.18. The average molecular weight is 799 g/mol. The zero-order valence-corrected chi connectivity index (χ0v) is 35.9. The molecule has 0 fully saturated rings. The quantitative estimate of drug-likeness (QED) is 0.0209. The maximum absolute atomic E-state index is 12.8. The number of esters is 2. The molecule has 1 rings (SSSR count). The van der Waals surface area contributed by atoms with Crippen molar-refractivity contribution in [1.82, 2.24) is 0 Å². The van der Waals surface area contributed by atoms with E-state index in [0.717, 1.165) is 38.5 Å². The highest BCUT2D eigenvalue weighted by molar-refractivity contribution is 7.47. The molecular formula is C43H77NO10P+. The first-order valence-electron chi connectivity index (χ1n) is 21.3. The number of aliphatic hydroxyl groups excluding tert-OH is 1. The van der Waals surface area contributed by atoms with Crippen LogP contribution in [0.3, 0.4) is 0 Å². The highest BCUT2D eigenvalue weighted by Gasteiger charge is 2.28. The number of carbonyl (C=O) groups excluding carboxylic acids is 3. The van der Waals surface area contributed by atoms with Gasteiger partial charge in [-0.15, -0.1) is 0 Å². The molecule has 1 aliphatic rings. The molecule has 0 saturated carbocycles. The number of unbranched alkanes of at least 4 members (excludes halogenated alkanes) is 14. The Morgan fingerprint density at radius 2 is 1.42 bits per heavy atom. The Labute approximate surface area is 333 Å². The summed E-state index contributed by atoms with van der Waals surface area (Å²) in [5, 5.41) is 10.2. The topological polar surface area (TPSA) is 146 Å². The molecule has 1 unspecified atom stereocenters. The summed E-state index contributed by atoms with van der Waals surface area (Å²) in [4.78, 5) is 47.8. The van der Waals surface area contributed by atoms with Crippen LogP contribution in [0.5, 0.6) is 0 Å². The minimum Gasteiger partial charge on any atom is -0.462 e. The van der Waals surface area contributed by atoms with Crippen LogP contribution in [0.4, 0.5) is 0 Å². The summed E-state index contributed by atoms with van der Waals surface area (Å²) < 4.78 is 34.2. The van der Waals surface area contributed by atoms with E-state index in [0.29, 0.717) is 43.1 Å². The number of allylic oxidation sites excluding steroid dienone is 5. The van der Waals surface area contributed by atoms with Crippen molar-refractivity contribution in [3.63, 3.8) is 0 Å². The smallest absolute Gasteiger partial charge is 0.462 e. The second-order valence-electron chi connectivity index (χ2n) is 16.0. The van der Waals surface area contributed by atoms with E-state index in [9.17, 15) is 28.9 Å². The molecule has 0 saturated heterocycles. The van der Waals surface area contributed by atoms with Gasteiger partial charge in [-0.3, -0.25) is 23.4 Å². The van der Waals surface area contributed by atoms with E-state index in [2.05, 4.69) is 13.8 Å². The number of hydrogen-bond acceptors (Lipinski definition) is 9. The number of carbonyl (C=O) groups is 3. The predicted octanol–water partition coefficient (Wildman–Crippen LogP) is 9.36. The van der Waals surface area contributed by atoms with E-state index in [-0.39, 0.29) is 43.7 Å². The van der Waals surface area contributed by atoms with E-state index >= 15 is 0 Å². The molecule has 0 heterocycles. The molecule has 55 heavy (non-hydrogen) atoms. The first kappa shape index (κ1) is 50.9. The summed E-state index contributed by atoms with van der Waals surface area (Å²) in [5.41, 5.74) is 0. The summed E-state index contributed by atoms with van der Waals surface area (Å²) in [7, 11) is 1.35. The van der Waals surface area contributed by atoms with Crippen LogP contribution in [0, 0.1) is 11.8 Å². The van der Waals surface area contributed by atoms with Gasteiger partial charge in [0.15, 0.2) is 11.9 Å². The second kappa shape index (κ2) is 30.9. The van der Waals surface area contributed by atoms with E-state index in [1.54, 1.807) is 12.2 Å². The number of likely N-dealkylation sites (N-methyl/N-ethyl adjacent to an activating group) is 1. The van der Waals surface area contributed by atoms with Crippen molar-refractivity contribution in [2.45, 2.75) is 161 Å². The number of ether oxygens (including phenoxy) is 2. The molecule has 1 aliphatic carbocycles. The van der Waals surface area contributed by atoms with Crippen molar-refractivity contribution in [2.24, 2.45) is 11.8 Å². The molecule has 0 spiro atoms. The number of quaternary nitrogens is 1. The molecule has 0 amide bonds. The minimum atomic E-state index is -4.43. The van der Waals surface area contributed by atoms with Crippen molar-refractivity contribution in [2.75, 3.05) is 47.5 Å². The summed E-state index contributed by atoms with van der Waals surface area (Å²) in [5.74, 6) is -1.17. The molecule has 5 atom stereocenters. The second-order valence-corrected chi connectivity index (χ2v) is 17.5. The molecule has 12 heteroatoms. The first-order valence-corrected chi connectivity index (χ1v) is 22.8. The predicted molar refractivity (Wildman–Crippen MR) is 219 cm³/mol. The summed E-state index contributed by atoms with van der Waals surface area (Å²) >= 11 is 0. The Morgan fingerprint density at radius 3 is 2.05 bits per heavy atom. The lowest BCUT2D eigenvalue weighted by molar-refractivity contribution is -0.870. The van der Waals surface area contributed by atoms with E-state index in [4.69, 9.17) is 18.5 Å². The molecule has 11 nitrogen and oxygen atoms in total. The van der Waals surface area contributed by atoms with Gasteiger partial charge in [0.2, 0.25) is 0 Å². The standard InChI is InChI=1S/C43H76NO10P/c1-6-8-10-11-12-13-14-15-16-17-18-23-27-42(47)51-35-39(36-53-55(49,50)52-34-33-44(3,4)5)54-43(48)28-24-20-19-22-25-37-29-32-41(46)40(37)31-30-38(45)26-21-9-7-2/h19,22,29-32,37-40,45H,6-18,20-21,23-28,33-36H2,1-5H3/p+1/b22-19-,31-30+/t37-,38-,39+,40+/m0/s1. The lowest BCUT2D eigenvalue weighted by Gasteiger charge is -2.24. The monoisotopic (exact) mass is 799 g/mol. The van der Waals surface area contributed by atoms with Gasteiger partial charge in [0.25, 0.3) is 0 Å². The van der Waals surface area contributed by atoms with E-state index < -0.39 is 38.6 Å². The summed E-state index contributed by atoms with van der Waals surface area (Å²) in [6, 6.07) is 0. The van der Waals surface area contributed by atoms with Crippen LogP contribution < -0.4 is 0 Å². The molecule has 0 aliphatic heterocycles. The Hall–Kier alpha value is -2.14. The van der Waals surface area contributed by atoms with Crippen molar-refractivity contribution in [3.05, 3.63) is 36.5 Å². The van der Waals surface area contributed by atoms with Gasteiger partial charge >= 0.3 is 19.8 Å². The van der Waals surface area contributed by atoms with E-state index in [1.807, 2.05) is 45.4 Å². The first-order chi connectivity index (χ1) is 26.3. The minimum absolute atomic E-state index is 0.00374. The van der Waals surface area contributed by atoms with Gasteiger partial charge in [-0.1, -0.05) is 134 Å². The maximum atomic E-state index is 12.8. The van der Waals surface area contributed by atoms with Gasteiger partial charge in [0, 0.05) is 18.8 Å². The third-order valence-corrected chi connectivity index (χ3v) is 10.7. The number of phosphoric ester groups is 1. The van der Waals surface area contributed by atoms with Crippen LogP contribution in [-0.4, -0.2) is 91.9 Å². The zero-order valence-electron chi connectivity index (χ0n) is 35.0. The van der Waals surface area contributed by atoms with Crippen LogP contribution >= 0.6 is 7.82 Å². The fourth-order valence-corrected chi connectivity index (χ4v) is 6.92. The third kappa shape index (κ3) is 28.8. The molecule has 0 aromatic carbocycles. The molecule has 2 N–H and O–H groups in total. The Kier molecular flexibility index (Phi) is 28.6. The van der Waals surface area contributed by atoms with E-state index in [1.165, 1.54) is 51.4 Å². The highest BCUT2D eigenvalue weighted by atomic mass is 31.2. The van der Waals surface area contributed by atoms with Crippen LogP contribution in [0.25, 0.3) is 0 Å². The molecule has 0 radical (unpaired) electrons. The van der Waals surface area contributed by atoms with Gasteiger partial charge in [0.1, 0.15) is 19.8 Å². The number of aliphatic hydroxyl groups is 1. The fraction of sp³-hybridized carbons (Fsp3) is 0.791. The lowest BCUT2D eigenvalue weighted by Crippen LogP contribution is -2.37. The van der Waals surface area contributed by atoms with Gasteiger partial charge in [-0.2, -0.15) is 0 Å². The van der Waals surface area contributed by atoms with Crippen LogP contribution in [0.1, 0.15) is 149 Å². The third-order valence-electron chi connectivity index (χ3n) is 9.67. The number of rotatable bonds is 35. The Balaban J connectivity index is 2.50. The van der Waals surface area contributed by atoms with Crippen LogP contribution in [0.15, 0.2) is 36.5 Å². The summed E-state index contributed by atoms with van der Waals surface area (Å²) in [6.07, 6.45) is 29.6. The van der Waals surface area contributed by atoms with Gasteiger partial charge in [-0.25, -0.2) is 4.57 Å². The highest BCUT2D eigenvalue weighted by Crippen LogP contribution is 2.43. The SMILES string of the molecule is CCCCCCCCCCCCCCC(=O)OC[C@H](COP(=O)(O)OCC[N+](C)(C)C)OC(=O)CCC/C=C\C[C@H]1C=CC(=O)[C@@H]1/C=C/[C@@H](O)CCCCC. The van der Waals surface area contributed by atoms with Crippen molar-refractivity contribution in [3.8, 4) is 0 Å². The largest absolute Gasteiger partial charge is 0.472 e. The molecule has 0 aromatic heterocycles. The van der Waals surface area contributed by atoms with Crippen molar-refractivity contribution >= 4 is 25.5 Å². The number of hydrogen-bond donors (Lipinski definition) is 2. The summed E-state index contributed by atoms with van der Waals surface area (Å²) in [6.45, 7) is 4.07. The maximum Gasteiger partial charge on any atom is 0.472 e. The normalized spacial score (nSPS) is 18.3. The van der Waals surface area contributed by atoms with Crippen molar-refractivity contribution < 1.29 is 52.0 Å². The van der Waals surface area contributed by atoms with Crippen LogP contribution in [0.2, 0.25) is 0 Å². The number of ketones is 1. The molecule has 0 aromatic rings. The van der Waals surface area contributed by atoms with Gasteiger partial charge in [0.05, 0.1) is 33.9 Å². The zero-order chi connectivity index (χ0) is 40.8. The number of nitrogens with zero attached hydrogens (tertiary/aromatic N) is 1. The molecular weight excluding hydrogens is 721 g/mol. The number of phosphoric acid groups is 1. The Morgan fingerprint density at radius 1 is 0.818 bits per heavy atom.